The van der Waals surface area contributed by atoms with E-state index in [0.29, 0.717) is 23.4 Å². The fraction of sp³-hybridized carbons (Fsp3) is 0.385. The SMILES string of the molecule is Cc1ccc(OCC(=O)Nc2cccc(-c3nnc4n3CCCCC4)c2)c2c1[C@@H](C)CC2=O. The normalized spacial score (nSPS) is 17.3. The van der Waals surface area contributed by atoms with Crippen molar-refractivity contribution in [2.45, 2.75) is 58.4 Å². The van der Waals surface area contributed by atoms with Crippen molar-refractivity contribution in [1.29, 1.82) is 0 Å². The molecule has 1 aromatic heterocycles. The van der Waals surface area contributed by atoms with Crippen LogP contribution in [0, 0.1) is 6.92 Å². The van der Waals surface area contributed by atoms with Crippen molar-refractivity contribution in [2.24, 2.45) is 0 Å². The fourth-order valence-electron chi connectivity index (χ4n) is 5.00. The third-order valence-electron chi connectivity index (χ3n) is 6.56. The van der Waals surface area contributed by atoms with Crippen LogP contribution in [0.2, 0.25) is 0 Å². The van der Waals surface area contributed by atoms with Crippen molar-refractivity contribution >= 4 is 17.4 Å². The number of aryl methyl sites for hydroxylation is 2. The number of rotatable bonds is 5. The highest BCUT2D eigenvalue weighted by atomic mass is 16.5. The molecule has 0 unspecified atom stereocenters. The molecule has 0 spiro atoms. The summed E-state index contributed by atoms with van der Waals surface area (Å²) in [6.45, 7) is 4.81. The van der Waals surface area contributed by atoms with Crippen LogP contribution in [0.3, 0.4) is 0 Å². The van der Waals surface area contributed by atoms with Crippen LogP contribution in [0.4, 0.5) is 5.69 Å². The molecular weight excluding hydrogens is 416 g/mol. The second kappa shape index (κ2) is 8.81. The number of anilines is 1. The van der Waals surface area contributed by atoms with Gasteiger partial charge in [-0.1, -0.05) is 31.5 Å². The van der Waals surface area contributed by atoms with Crippen molar-refractivity contribution < 1.29 is 14.3 Å². The van der Waals surface area contributed by atoms with E-state index in [0.717, 1.165) is 54.1 Å². The Morgan fingerprint density at radius 3 is 2.94 bits per heavy atom. The van der Waals surface area contributed by atoms with E-state index in [9.17, 15) is 9.59 Å². The molecule has 0 fully saturated rings. The van der Waals surface area contributed by atoms with Gasteiger partial charge in [-0.25, -0.2) is 0 Å². The Morgan fingerprint density at radius 1 is 1.18 bits per heavy atom. The number of ketones is 1. The summed E-state index contributed by atoms with van der Waals surface area (Å²) < 4.78 is 7.98. The van der Waals surface area contributed by atoms with Gasteiger partial charge < -0.3 is 14.6 Å². The van der Waals surface area contributed by atoms with Crippen LogP contribution in [-0.2, 0) is 17.8 Å². The van der Waals surface area contributed by atoms with E-state index in [2.05, 4.69) is 27.0 Å². The Balaban J connectivity index is 1.29. The second-order valence-corrected chi connectivity index (χ2v) is 9.02. The first-order chi connectivity index (χ1) is 16.0. The van der Waals surface area contributed by atoms with E-state index in [4.69, 9.17) is 4.74 Å². The summed E-state index contributed by atoms with van der Waals surface area (Å²) in [5, 5.41) is 11.7. The second-order valence-electron chi connectivity index (χ2n) is 9.02. The highest BCUT2D eigenvalue weighted by molar-refractivity contribution is 6.04. The number of Topliss-reactive ketones (excluding diaryl/α,β-unsaturated/α-hetero) is 1. The highest BCUT2D eigenvalue weighted by Gasteiger charge is 2.31. The molecule has 7 nitrogen and oxygen atoms in total. The summed E-state index contributed by atoms with van der Waals surface area (Å²) in [7, 11) is 0. The fourth-order valence-corrected chi connectivity index (χ4v) is 5.00. The van der Waals surface area contributed by atoms with E-state index < -0.39 is 0 Å². The molecule has 1 N–H and O–H groups in total. The first-order valence-corrected chi connectivity index (χ1v) is 11.6. The average molecular weight is 445 g/mol. The largest absolute Gasteiger partial charge is 0.483 e. The van der Waals surface area contributed by atoms with Gasteiger partial charge in [0, 0.05) is 30.6 Å². The smallest absolute Gasteiger partial charge is 0.262 e. The Labute approximate surface area is 193 Å². The van der Waals surface area contributed by atoms with Crippen molar-refractivity contribution in [1.82, 2.24) is 14.8 Å². The minimum Gasteiger partial charge on any atom is -0.483 e. The lowest BCUT2D eigenvalue weighted by Gasteiger charge is -2.13. The van der Waals surface area contributed by atoms with Gasteiger partial charge in [0.15, 0.2) is 18.2 Å². The van der Waals surface area contributed by atoms with Gasteiger partial charge in [0.05, 0.1) is 5.56 Å². The number of nitrogens with zero attached hydrogens (tertiary/aromatic N) is 3. The minimum absolute atomic E-state index is 0.0803. The number of carbonyl (C=O) groups is 2. The number of nitrogens with one attached hydrogen (secondary N) is 1. The van der Waals surface area contributed by atoms with Crippen molar-refractivity contribution in [3.8, 4) is 17.1 Å². The monoisotopic (exact) mass is 444 g/mol. The topological polar surface area (TPSA) is 86.1 Å². The number of hydrogen-bond donors (Lipinski definition) is 1. The van der Waals surface area contributed by atoms with E-state index >= 15 is 0 Å². The summed E-state index contributed by atoms with van der Waals surface area (Å²) in [5.74, 6) is 2.33. The quantitative estimate of drug-likeness (QED) is 0.617. The predicted octanol–water partition coefficient (Wildman–Crippen LogP) is 4.69. The molecule has 2 aliphatic rings. The van der Waals surface area contributed by atoms with E-state index in [1.165, 1.54) is 6.42 Å². The first kappa shape index (κ1) is 21.4. The number of ether oxygens (including phenoxy) is 1. The van der Waals surface area contributed by atoms with Crippen LogP contribution in [0.5, 0.6) is 5.75 Å². The molecule has 1 aliphatic heterocycles. The van der Waals surface area contributed by atoms with Gasteiger partial charge in [0.1, 0.15) is 11.6 Å². The molecule has 170 valence electrons. The standard InChI is InChI=1S/C26H28N4O3/c1-16-10-11-21(25-20(31)13-17(2)24(16)25)33-15-23(32)27-19-8-6-7-18(14-19)26-29-28-22-9-4-3-5-12-30(22)26/h6-8,10-11,14,17H,3-5,9,12-13,15H2,1-2H3,(H,27,32)/t17-/m0/s1. The molecule has 2 heterocycles. The van der Waals surface area contributed by atoms with Gasteiger partial charge in [-0.05, 0) is 55.0 Å². The molecule has 5 rings (SSSR count). The van der Waals surface area contributed by atoms with Gasteiger partial charge in [-0.2, -0.15) is 0 Å². The molecule has 1 amide bonds. The number of hydrogen-bond acceptors (Lipinski definition) is 5. The van der Waals surface area contributed by atoms with Gasteiger partial charge in [-0.3, -0.25) is 9.59 Å². The van der Waals surface area contributed by atoms with Crippen LogP contribution < -0.4 is 10.1 Å². The Morgan fingerprint density at radius 2 is 2.06 bits per heavy atom. The maximum Gasteiger partial charge on any atom is 0.262 e. The van der Waals surface area contributed by atoms with Crippen LogP contribution >= 0.6 is 0 Å². The zero-order valence-electron chi connectivity index (χ0n) is 19.1. The summed E-state index contributed by atoms with van der Waals surface area (Å²) in [5.41, 5.74) is 4.35. The molecule has 0 saturated heterocycles. The summed E-state index contributed by atoms with van der Waals surface area (Å²) in [6, 6.07) is 11.4. The molecule has 2 aromatic carbocycles. The molecule has 0 bridgehead atoms. The Bertz CT molecular complexity index is 1230. The molecule has 1 atom stereocenters. The summed E-state index contributed by atoms with van der Waals surface area (Å²) in [6.07, 6.45) is 4.90. The molecule has 33 heavy (non-hydrogen) atoms. The van der Waals surface area contributed by atoms with Crippen LogP contribution in [0.15, 0.2) is 36.4 Å². The van der Waals surface area contributed by atoms with Gasteiger partial charge in [0.2, 0.25) is 0 Å². The molecule has 0 saturated carbocycles. The molecular formula is C26H28N4O3. The van der Waals surface area contributed by atoms with Gasteiger partial charge in [0.25, 0.3) is 5.91 Å². The minimum atomic E-state index is -0.278. The Kier molecular flexibility index (Phi) is 5.70. The van der Waals surface area contributed by atoms with E-state index in [1.54, 1.807) is 6.07 Å². The van der Waals surface area contributed by atoms with Crippen molar-refractivity contribution in [3.63, 3.8) is 0 Å². The van der Waals surface area contributed by atoms with E-state index in [1.807, 2.05) is 37.3 Å². The zero-order valence-corrected chi connectivity index (χ0v) is 19.1. The maximum absolute atomic E-state index is 12.6. The molecule has 0 radical (unpaired) electrons. The van der Waals surface area contributed by atoms with Gasteiger partial charge in [-0.15, -0.1) is 10.2 Å². The number of amides is 1. The average Bonchev–Trinajstić information content (AvgIpc) is 3.24. The molecule has 3 aromatic rings. The van der Waals surface area contributed by atoms with Crippen LogP contribution in [0.1, 0.15) is 65.8 Å². The Hall–Kier alpha value is -3.48. The van der Waals surface area contributed by atoms with Crippen LogP contribution in [0.25, 0.3) is 11.4 Å². The van der Waals surface area contributed by atoms with E-state index in [-0.39, 0.29) is 24.2 Å². The van der Waals surface area contributed by atoms with Crippen molar-refractivity contribution in [3.05, 3.63) is 58.9 Å². The molecule has 1 aliphatic carbocycles. The third-order valence-corrected chi connectivity index (χ3v) is 6.56. The number of aromatic nitrogens is 3. The lowest BCUT2D eigenvalue weighted by molar-refractivity contribution is -0.118. The first-order valence-electron chi connectivity index (χ1n) is 11.6. The summed E-state index contributed by atoms with van der Waals surface area (Å²) in [4.78, 5) is 25.1. The number of benzene rings is 2. The maximum atomic E-state index is 12.6. The molecule has 7 heteroatoms. The van der Waals surface area contributed by atoms with Crippen molar-refractivity contribution in [2.75, 3.05) is 11.9 Å². The van der Waals surface area contributed by atoms with Gasteiger partial charge >= 0.3 is 0 Å². The lowest BCUT2D eigenvalue weighted by atomic mass is 9.97. The number of fused-ring (bicyclic) bond motifs is 2. The third kappa shape index (κ3) is 4.15. The summed E-state index contributed by atoms with van der Waals surface area (Å²) >= 11 is 0. The lowest BCUT2D eigenvalue weighted by Crippen LogP contribution is -2.20. The number of carbonyl (C=O) groups excluding carboxylic acids is 2. The predicted molar refractivity (Wildman–Crippen MR) is 126 cm³/mol. The zero-order chi connectivity index (χ0) is 22.9. The highest BCUT2D eigenvalue weighted by Crippen LogP contribution is 2.40. The van der Waals surface area contributed by atoms with Crippen LogP contribution in [-0.4, -0.2) is 33.1 Å².